The van der Waals surface area contributed by atoms with Gasteiger partial charge in [-0.1, -0.05) is 56.0 Å². The van der Waals surface area contributed by atoms with Crippen molar-refractivity contribution in [3.8, 4) is 0 Å². The Hall–Kier alpha value is -2.19. The van der Waals surface area contributed by atoms with Crippen molar-refractivity contribution in [2.75, 3.05) is 6.61 Å². The Morgan fingerprint density at radius 3 is 2.62 bits per heavy atom. The van der Waals surface area contributed by atoms with Crippen molar-refractivity contribution in [2.24, 2.45) is 17.3 Å². The molecule has 5 atom stereocenters. The third-order valence-corrected chi connectivity index (χ3v) is 9.75. The molecule has 0 N–H and O–H groups in total. The fourth-order valence-electron chi connectivity index (χ4n) is 8.28. The molecule has 3 fully saturated rings. The average molecular weight is 427 g/mol. The van der Waals surface area contributed by atoms with Crippen molar-refractivity contribution < 1.29 is 9.53 Å². The molecule has 0 unspecified atom stereocenters. The number of benzene rings is 1. The van der Waals surface area contributed by atoms with Gasteiger partial charge in [0, 0.05) is 17.8 Å². The molecular formula is C30H34O2. The molecule has 4 aliphatic carbocycles. The smallest absolute Gasteiger partial charge is 0.156 e. The fourth-order valence-corrected chi connectivity index (χ4v) is 8.28. The third-order valence-electron chi connectivity index (χ3n) is 9.75. The second-order valence-corrected chi connectivity index (χ2v) is 10.9. The summed E-state index contributed by atoms with van der Waals surface area (Å²) in [4.78, 5) is 12.2. The SMILES string of the molecule is C=Cc1ccc([C@H]2C[C@@]3(C)[C@@H](CC[C@@]34OCCC4=C)[C@@H]3CCC4=CC(=O)CCC4=C32)cc1. The highest BCUT2D eigenvalue weighted by Crippen LogP contribution is 2.70. The number of hydrogen-bond donors (Lipinski definition) is 0. The topological polar surface area (TPSA) is 26.3 Å². The molecule has 0 amide bonds. The molecule has 2 nitrogen and oxygen atoms in total. The number of rotatable bonds is 2. The van der Waals surface area contributed by atoms with Gasteiger partial charge in [-0.05, 0) is 90.7 Å². The summed E-state index contributed by atoms with van der Waals surface area (Å²) in [5, 5.41) is 0. The van der Waals surface area contributed by atoms with Gasteiger partial charge < -0.3 is 4.74 Å². The number of carbonyl (C=O) groups excluding carboxylic acids is 1. The van der Waals surface area contributed by atoms with Gasteiger partial charge in [-0.3, -0.25) is 4.79 Å². The van der Waals surface area contributed by atoms with Crippen LogP contribution < -0.4 is 0 Å². The summed E-state index contributed by atoms with van der Waals surface area (Å²) >= 11 is 0. The Balaban J connectivity index is 1.53. The third kappa shape index (κ3) is 2.65. The predicted octanol–water partition coefficient (Wildman–Crippen LogP) is 6.94. The first-order valence-electron chi connectivity index (χ1n) is 12.5. The molecule has 2 heteroatoms. The summed E-state index contributed by atoms with van der Waals surface area (Å²) in [6.45, 7) is 11.8. The van der Waals surface area contributed by atoms with Gasteiger partial charge in [-0.15, -0.1) is 0 Å². The molecule has 1 aromatic rings. The molecule has 1 aromatic carbocycles. The van der Waals surface area contributed by atoms with Crippen molar-refractivity contribution in [2.45, 2.75) is 69.8 Å². The van der Waals surface area contributed by atoms with Crippen LogP contribution in [0.25, 0.3) is 6.08 Å². The molecule has 32 heavy (non-hydrogen) atoms. The first kappa shape index (κ1) is 20.4. The molecule has 166 valence electrons. The molecule has 6 rings (SSSR count). The highest BCUT2D eigenvalue weighted by molar-refractivity contribution is 5.93. The fraction of sp³-hybridized carbons (Fsp3) is 0.500. The van der Waals surface area contributed by atoms with E-state index >= 15 is 0 Å². The van der Waals surface area contributed by atoms with E-state index in [9.17, 15) is 4.79 Å². The van der Waals surface area contributed by atoms with Crippen LogP contribution in [0.4, 0.5) is 0 Å². The van der Waals surface area contributed by atoms with Gasteiger partial charge >= 0.3 is 0 Å². The maximum Gasteiger partial charge on any atom is 0.156 e. The predicted molar refractivity (Wildman–Crippen MR) is 129 cm³/mol. The summed E-state index contributed by atoms with van der Waals surface area (Å²) in [5.74, 6) is 1.93. The molecule has 0 bridgehead atoms. The highest BCUT2D eigenvalue weighted by Gasteiger charge is 2.65. The quantitative estimate of drug-likeness (QED) is 0.479. The second-order valence-electron chi connectivity index (χ2n) is 10.9. The van der Waals surface area contributed by atoms with E-state index in [4.69, 9.17) is 4.74 Å². The monoisotopic (exact) mass is 426 g/mol. The van der Waals surface area contributed by atoms with Gasteiger partial charge in [-0.25, -0.2) is 0 Å². The largest absolute Gasteiger partial charge is 0.370 e. The van der Waals surface area contributed by atoms with Crippen LogP contribution in [0.5, 0.6) is 0 Å². The molecule has 5 aliphatic rings. The van der Waals surface area contributed by atoms with E-state index in [-0.39, 0.29) is 11.0 Å². The lowest BCUT2D eigenvalue weighted by Gasteiger charge is -2.55. The van der Waals surface area contributed by atoms with Gasteiger partial charge in [0.1, 0.15) is 0 Å². The first-order valence-corrected chi connectivity index (χ1v) is 12.5. The Labute approximate surface area is 192 Å². The minimum absolute atomic E-state index is 0.114. The van der Waals surface area contributed by atoms with E-state index in [1.807, 2.05) is 12.2 Å². The summed E-state index contributed by atoms with van der Waals surface area (Å²) in [5.41, 5.74) is 8.38. The van der Waals surface area contributed by atoms with Crippen LogP contribution in [0.3, 0.4) is 0 Å². The van der Waals surface area contributed by atoms with Crippen molar-refractivity contribution >= 4 is 11.9 Å². The van der Waals surface area contributed by atoms with Gasteiger partial charge in [-0.2, -0.15) is 0 Å². The minimum Gasteiger partial charge on any atom is -0.370 e. The van der Waals surface area contributed by atoms with Crippen LogP contribution in [-0.2, 0) is 9.53 Å². The molecule has 1 heterocycles. The summed E-state index contributed by atoms with van der Waals surface area (Å²) in [6, 6.07) is 9.04. The number of ether oxygens (including phenoxy) is 1. The van der Waals surface area contributed by atoms with Crippen LogP contribution in [0.1, 0.15) is 75.3 Å². The Morgan fingerprint density at radius 1 is 1.09 bits per heavy atom. The summed E-state index contributed by atoms with van der Waals surface area (Å²) < 4.78 is 6.62. The zero-order valence-electron chi connectivity index (χ0n) is 19.3. The molecule has 0 radical (unpaired) electrons. The maximum absolute atomic E-state index is 12.2. The number of ketones is 1. The van der Waals surface area contributed by atoms with Gasteiger partial charge in [0.25, 0.3) is 0 Å². The average Bonchev–Trinajstić information content (AvgIpc) is 3.33. The van der Waals surface area contributed by atoms with Gasteiger partial charge in [0.05, 0.1) is 12.2 Å². The summed E-state index contributed by atoms with van der Waals surface area (Å²) in [6.07, 6.45) is 12.2. The molecule has 1 spiro atoms. The van der Waals surface area contributed by atoms with Gasteiger partial charge in [0.15, 0.2) is 5.78 Å². The lowest BCUT2D eigenvalue weighted by atomic mass is 9.50. The van der Waals surface area contributed by atoms with Gasteiger partial charge in [0.2, 0.25) is 0 Å². The van der Waals surface area contributed by atoms with Crippen molar-refractivity contribution in [1.29, 1.82) is 0 Å². The lowest BCUT2D eigenvalue weighted by molar-refractivity contribution is -0.114. The Morgan fingerprint density at radius 2 is 1.91 bits per heavy atom. The van der Waals surface area contributed by atoms with E-state index in [1.165, 1.54) is 40.7 Å². The van der Waals surface area contributed by atoms with Crippen LogP contribution in [0.15, 0.2) is 65.8 Å². The van der Waals surface area contributed by atoms with E-state index in [2.05, 4.69) is 44.3 Å². The number of allylic oxidation sites excluding steroid dienone is 4. The van der Waals surface area contributed by atoms with Crippen LogP contribution in [0.2, 0.25) is 0 Å². The lowest BCUT2D eigenvalue weighted by Crippen LogP contribution is -2.52. The second kappa shape index (κ2) is 7.15. The Bertz CT molecular complexity index is 1070. The van der Waals surface area contributed by atoms with Crippen LogP contribution >= 0.6 is 0 Å². The molecule has 0 aromatic heterocycles. The van der Waals surface area contributed by atoms with Crippen molar-refractivity contribution in [1.82, 2.24) is 0 Å². The summed E-state index contributed by atoms with van der Waals surface area (Å²) in [7, 11) is 0. The molecule has 2 saturated carbocycles. The maximum atomic E-state index is 12.2. The minimum atomic E-state index is -0.147. The van der Waals surface area contributed by atoms with E-state index in [0.29, 0.717) is 30.0 Å². The number of hydrogen-bond acceptors (Lipinski definition) is 2. The number of fused-ring (bicyclic) bond motifs is 5. The molecule has 1 aliphatic heterocycles. The van der Waals surface area contributed by atoms with Crippen LogP contribution in [0, 0.1) is 17.3 Å². The molecule has 1 saturated heterocycles. The zero-order valence-corrected chi connectivity index (χ0v) is 19.3. The number of carbonyl (C=O) groups is 1. The van der Waals surface area contributed by atoms with Crippen molar-refractivity contribution in [3.63, 3.8) is 0 Å². The van der Waals surface area contributed by atoms with E-state index < -0.39 is 0 Å². The standard InChI is InChI=1S/C30H34O2/c1-4-20-5-7-21(8-6-20)26-18-29(3)27(13-15-30(29)19(2)14-16-32-30)25-11-9-22-17-23(31)10-12-24(22)28(25)26/h4-8,17,25-27H,1-2,9-16,18H2,3H3/t25-,26+,27-,29-,30-/m0/s1. The Kier molecular flexibility index (Phi) is 4.56. The zero-order chi connectivity index (χ0) is 22.1. The highest BCUT2D eigenvalue weighted by atomic mass is 16.5. The van der Waals surface area contributed by atoms with E-state index in [0.717, 1.165) is 38.7 Å². The first-order chi connectivity index (χ1) is 15.5. The normalized spacial score (nSPS) is 38.4. The molecular weight excluding hydrogens is 392 g/mol. The van der Waals surface area contributed by atoms with Crippen molar-refractivity contribution in [3.05, 3.63) is 76.9 Å². The van der Waals surface area contributed by atoms with E-state index in [1.54, 1.807) is 5.57 Å². The van der Waals surface area contributed by atoms with Crippen LogP contribution in [-0.4, -0.2) is 18.0 Å².